The Hall–Kier alpha value is -2.44. The fourth-order valence-corrected chi connectivity index (χ4v) is 5.77. The van der Waals surface area contributed by atoms with Crippen LogP contribution in [-0.2, 0) is 9.53 Å². The predicted octanol–water partition coefficient (Wildman–Crippen LogP) is 4.42. The van der Waals surface area contributed by atoms with Crippen molar-refractivity contribution in [1.29, 1.82) is 0 Å². The summed E-state index contributed by atoms with van der Waals surface area (Å²) in [5.41, 5.74) is 1.25. The van der Waals surface area contributed by atoms with Crippen molar-refractivity contribution < 1.29 is 9.53 Å². The number of rotatable bonds is 6. The summed E-state index contributed by atoms with van der Waals surface area (Å²) in [7, 11) is 0.726. The van der Waals surface area contributed by atoms with Crippen molar-refractivity contribution in [3.63, 3.8) is 0 Å². The van der Waals surface area contributed by atoms with Gasteiger partial charge in [-0.05, 0) is 24.1 Å². The van der Waals surface area contributed by atoms with Crippen LogP contribution in [-0.4, -0.2) is 13.1 Å². The lowest BCUT2D eigenvalue weighted by molar-refractivity contribution is -0.140. The summed E-state index contributed by atoms with van der Waals surface area (Å²) in [6, 6.07) is 31.2. The van der Waals surface area contributed by atoms with E-state index in [1.807, 2.05) is 30.3 Å². The highest BCUT2D eigenvalue weighted by molar-refractivity contribution is 7.73. The Kier molecular flexibility index (Phi) is 5.98. The van der Waals surface area contributed by atoms with Crippen molar-refractivity contribution in [3.05, 3.63) is 96.6 Å². The first-order valence-corrected chi connectivity index (χ1v) is 9.72. The van der Waals surface area contributed by atoms with Gasteiger partial charge in [-0.25, -0.2) is 0 Å². The van der Waals surface area contributed by atoms with Crippen LogP contribution in [0.3, 0.4) is 0 Å². The molecule has 25 heavy (non-hydrogen) atoms. The van der Waals surface area contributed by atoms with Gasteiger partial charge in [-0.3, -0.25) is 4.79 Å². The van der Waals surface area contributed by atoms with Crippen LogP contribution in [0.25, 0.3) is 0 Å². The summed E-state index contributed by atoms with van der Waals surface area (Å²) in [6.45, 7) is 0. The lowest BCUT2D eigenvalue weighted by atomic mass is 10.1. The summed E-state index contributed by atoms with van der Waals surface area (Å²) < 4.78 is 5.00. The number of methoxy groups -OCH3 is 1. The monoisotopic (exact) mass is 348 g/mol. The summed E-state index contributed by atoms with van der Waals surface area (Å²) >= 11 is 0. The lowest BCUT2D eigenvalue weighted by Gasteiger charge is -2.28. The highest BCUT2D eigenvalue weighted by Gasteiger charge is 2.28. The van der Waals surface area contributed by atoms with E-state index >= 15 is 0 Å². The average molecular weight is 348 g/mol. The molecule has 3 rings (SSSR count). The molecule has 0 spiro atoms. The smallest absolute Gasteiger partial charge is 0.306 e. The van der Waals surface area contributed by atoms with E-state index in [0.29, 0.717) is 6.42 Å². The minimum atomic E-state index is -0.730. The van der Waals surface area contributed by atoms with Crippen molar-refractivity contribution in [2.45, 2.75) is 12.1 Å². The number of carbonyl (C=O) groups is 1. The van der Waals surface area contributed by atoms with Crippen LogP contribution >= 0.6 is 7.92 Å². The Bertz CT molecular complexity index is 749. The van der Waals surface area contributed by atoms with E-state index in [1.165, 1.54) is 23.3 Å². The zero-order valence-electron chi connectivity index (χ0n) is 14.2. The van der Waals surface area contributed by atoms with E-state index in [1.54, 1.807) is 0 Å². The molecule has 0 bridgehead atoms. The number of hydrogen-bond acceptors (Lipinski definition) is 2. The minimum Gasteiger partial charge on any atom is -0.469 e. The van der Waals surface area contributed by atoms with Gasteiger partial charge in [-0.15, -0.1) is 0 Å². The number of benzene rings is 3. The molecule has 0 aliphatic rings. The summed E-state index contributed by atoms with van der Waals surface area (Å²) in [6.07, 6.45) is 0.371. The number of esters is 1. The summed E-state index contributed by atoms with van der Waals surface area (Å²) in [5.74, 6) is -0.173. The maximum absolute atomic E-state index is 12.2. The average Bonchev–Trinajstić information content (AvgIpc) is 2.69. The van der Waals surface area contributed by atoms with E-state index in [2.05, 4.69) is 60.7 Å². The first-order valence-electron chi connectivity index (χ1n) is 8.30. The molecule has 126 valence electrons. The number of hydrogen-bond donors (Lipinski definition) is 0. The second-order valence-electron chi connectivity index (χ2n) is 5.75. The molecule has 0 amide bonds. The molecule has 2 nitrogen and oxygen atoms in total. The Balaban J connectivity index is 2.11. The van der Waals surface area contributed by atoms with Crippen molar-refractivity contribution >= 4 is 24.5 Å². The number of carbonyl (C=O) groups excluding carboxylic acids is 1. The van der Waals surface area contributed by atoms with E-state index in [0.717, 1.165) is 0 Å². The fraction of sp³-hybridized carbons (Fsp3) is 0.136. The molecule has 0 saturated carbocycles. The molecular formula is C22H21O2P. The van der Waals surface area contributed by atoms with E-state index < -0.39 is 7.92 Å². The lowest BCUT2D eigenvalue weighted by Crippen LogP contribution is -2.19. The van der Waals surface area contributed by atoms with Gasteiger partial charge in [-0.1, -0.05) is 91.0 Å². The molecule has 1 atom stereocenters. The first kappa shape index (κ1) is 17.4. The van der Waals surface area contributed by atoms with Gasteiger partial charge in [0, 0.05) is 5.66 Å². The third-order valence-corrected chi connectivity index (χ3v) is 6.97. The quantitative estimate of drug-likeness (QED) is 0.487. The zero-order valence-corrected chi connectivity index (χ0v) is 15.1. The van der Waals surface area contributed by atoms with Gasteiger partial charge in [0.05, 0.1) is 13.5 Å². The van der Waals surface area contributed by atoms with Crippen molar-refractivity contribution in [3.8, 4) is 0 Å². The van der Waals surface area contributed by atoms with Crippen LogP contribution in [0.2, 0.25) is 0 Å². The molecule has 3 aromatic carbocycles. The second kappa shape index (κ2) is 8.60. The van der Waals surface area contributed by atoms with E-state index in [9.17, 15) is 4.79 Å². The molecule has 0 saturated heterocycles. The van der Waals surface area contributed by atoms with Gasteiger partial charge in [0.2, 0.25) is 0 Å². The highest BCUT2D eigenvalue weighted by atomic mass is 31.1. The van der Waals surface area contributed by atoms with Crippen LogP contribution in [0, 0.1) is 0 Å². The van der Waals surface area contributed by atoms with Crippen molar-refractivity contribution in [2.75, 3.05) is 7.11 Å². The molecule has 0 aliphatic carbocycles. The van der Waals surface area contributed by atoms with Crippen LogP contribution in [0.15, 0.2) is 91.0 Å². The molecule has 1 unspecified atom stereocenters. The molecule has 0 N–H and O–H groups in total. The van der Waals surface area contributed by atoms with Gasteiger partial charge >= 0.3 is 5.97 Å². The standard InChI is InChI=1S/C22H21O2P/c1-24-22(23)17-21(18-11-5-2-6-12-18)25(19-13-7-3-8-14-19)20-15-9-4-10-16-20/h2-16,21H,17H2,1H3. The third kappa shape index (κ3) is 4.35. The van der Waals surface area contributed by atoms with E-state index in [4.69, 9.17) is 4.74 Å². The molecular weight excluding hydrogens is 327 g/mol. The maximum atomic E-state index is 12.2. The van der Waals surface area contributed by atoms with Gasteiger partial charge < -0.3 is 4.74 Å². The Morgan fingerprint density at radius 2 is 1.24 bits per heavy atom. The molecule has 0 radical (unpaired) electrons. The Morgan fingerprint density at radius 1 is 0.800 bits per heavy atom. The molecule has 0 fully saturated rings. The van der Waals surface area contributed by atoms with Crippen molar-refractivity contribution in [2.24, 2.45) is 0 Å². The SMILES string of the molecule is COC(=O)CC(c1ccccc1)P(c1ccccc1)c1ccccc1. The molecule has 0 aliphatic heterocycles. The van der Waals surface area contributed by atoms with Crippen LogP contribution in [0.5, 0.6) is 0 Å². The Morgan fingerprint density at radius 3 is 1.68 bits per heavy atom. The minimum absolute atomic E-state index is 0.0773. The predicted molar refractivity (Wildman–Crippen MR) is 105 cm³/mol. The molecule has 3 aromatic rings. The first-order chi connectivity index (χ1) is 12.3. The number of ether oxygens (including phenoxy) is 1. The van der Waals surface area contributed by atoms with Crippen LogP contribution in [0.1, 0.15) is 17.6 Å². The van der Waals surface area contributed by atoms with Crippen LogP contribution < -0.4 is 10.6 Å². The maximum Gasteiger partial charge on any atom is 0.306 e. The topological polar surface area (TPSA) is 26.3 Å². The van der Waals surface area contributed by atoms with Crippen molar-refractivity contribution in [1.82, 2.24) is 0 Å². The molecule has 3 heteroatoms. The van der Waals surface area contributed by atoms with Gasteiger partial charge in [0.1, 0.15) is 0 Å². The largest absolute Gasteiger partial charge is 0.469 e. The normalized spacial score (nSPS) is 11.9. The van der Waals surface area contributed by atoms with Gasteiger partial charge in [0.15, 0.2) is 0 Å². The van der Waals surface area contributed by atoms with Gasteiger partial charge in [-0.2, -0.15) is 0 Å². The Labute approximate surface area is 150 Å². The fourth-order valence-electron chi connectivity index (χ4n) is 2.96. The summed E-state index contributed by atoms with van der Waals surface area (Å²) in [5, 5.41) is 2.53. The highest BCUT2D eigenvalue weighted by Crippen LogP contribution is 2.51. The van der Waals surface area contributed by atoms with Crippen LogP contribution in [0.4, 0.5) is 0 Å². The molecule has 0 aromatic heterocycles. The molecule has 0 heterocycles. The van der Waals surface area contributed by atoms with Gasteiger partial charge in [0.25, 0.3) is 0 Å². The summed E-state index contributed by atoms with van der Waals surface area (Å²) in [4.78, 5) is 12.2. The second-order valence-corrected chi connectivity index (χ2v) is 8.14. The zero-order chi connectivity index (χ0) is 17.5. The van der Waals surface area contributed by atoms with E-state index in [-0.39, 0.29) is 11.6 Å². The third-order valence-electron chi connectivity index (χ3n) is 4.15.